The molecule has 1 saturated carbocycles. The molecule has 6 atom stereocenters. The molecule has 0 bridgehead atoms. The second kappa shape index (κ2) is 13.3. The monoisotopic (exact) mass is 812 g/mol. The van der Waals surface area contributed by atoms with E-state index in [1.807, 2.05) is 36.4 Å². The van der Waals surface area contributed by atoms with E-state index in [1.165, 1.54) is 6.07 Å². The molecule has 4 aromatic carbocycles. The highest BCUT2D eigenvalue weighted by atomic mass is 79.9. The molecule has 268 valence electrons. The van der Waals surface area contributed by atoms with E-state index in [9.17, 15) is 29.1 Å². The molecule has 2 heterocycles. The van der Waals surface area contributed by atoms with Crippen LogP contribution in [0, 0.1) is 17.8 Å². The first-order valence-corrected chi connectivity index (χ1v) is 18.9. The topological polar surface area (TPSA) is 121 Å². The van der Waals surface area contributed by atoms with Crippen LogP contribution in [0.4, 0.5) is 5.69 Å². The maximum Gasteiger partial charge on any atom is 0.254 e. The first-order chi connectivity index (χ1) is 25.5. The third-order valence-electron chi connectivity index (χ3n) is 11.0. The van der Waals surface area contributed by atoms with Crippen LogP contribution in [0.15, 0.2) is 115 Å². The summed E-state index contributed by atoms with van der Waals surface area (Å²) in [4.78, 5) is 67.6. The number of benzene rings is 4. The van der Waals surface area contributed by atoms with Crippen molar-refractivity contribution in [2.75, 3.05) is 10.4 Å². The molecule has 2 saturated heterocycles. The molecule has 2 aliphatic heterocycles. The molecule has 2 aliphatic carbocycles. The summed E-state index contributed by atoms with van der Waals surface area (Å²) in [7, 11) is 0. The van der Waals surface area contributed by atoms with E-state index in [0.29, 0.717) is 28.1 Å². The van der Waals surface area contributed by atoms with Gasteiger partial charge >= 0.3 is 0 Å². The molecule has 0 aromatic heterocycles. The number of ether oxygens (including phenoxy) is 1. The maximum atomic E-state index is 14.4. The molecule has 12 heteroatoms. The fourth-order valence-electron chi connectivity index (χ4n) is 8.47. The Balaban J connectivity index is 1.15. The van der Waals surface area contributed by atoms with Crippen LogP contribution in [0.3, 0.4) is 0 Å². The van der Waals surface area contributed by atoms with Crippen molar-refractivity contribution in [1.29, 1.82) is 0 Å². The summed E-state index contributed by atoms with van der Waals surface area (Å²) in [6.07, 6.45) is 1.78. The van der Waals surface area contributed by atoms with Crippen LogP contribution in [-0.2, 0) is 25.8 Å². The van der Waals surface area contributed by atoms with E-state index >= 15 is 0 Å². The van der Waals surface area contributed by atoms with Gasteiger partial charge in [0.15, 0.2) is 15.5 Å². The summed E-state index contributed by atoms with van der Waals surface area (Å²) in [6.45, 7) is 0.246. The summed E-state index contributed by atoms with van der Waals surface area (Å²) < 4.78 is 5.93. The zero-order valence-electron chi connectivity index (χ0n) is 28.0. The Morgan fingerprint density at radius 3 is 2.15 bits per heavy atom. The number of carbonyl (C=O) groups is 5. The van der Waals surface area contributed by atoms with E-state index in [2.05, 4.69) is 15.9 Å². The summed E-state index contributed by atoms with van der Waals surface area (Å²) >= 11 is 17.9. The molecule has 1 N–H and O–H groups in total. The first kappa shape index (κ1) is 35.3. The number of rotatable bonds is 8. The van der Waals surface area contributed by atoms with E-state index in [0.717, 1.165) is 15.4 Å². The Kier molecular flexibility index (Phi) is 8.83. The number of imide groups is 2. The average Bonchev–Trinajstić information content (AvgIpc) is 3.52. The number of allylic oxidation sites excluding steroid dienone is 2. The van der Waals surface area contributed by atoms with Gasteiger partial charge in [0.2, 0.25) is 11.8 Å². The van der Waals surface area contributed by atoms with Crippen LogP contribution >= 0.6 is 39.1 Å². The van der Waals surface area contributed by atoms with Gasteiger partial charge in [-0.15, -0.1) is 23.2 Å². The summed E-state index contributed by atoms with van der Waals surface area (Å²) in [5, 5.41) is 11.5. The van der Waals surface area contributed by atoms with Gasteiger partial charge in [0.25, 0.3) is 11.8 Å². The number of fused-ring (bicyclic) bond motifs is 4. The Morgan fingerprint density at radius 2 is 1.49 bits per heavy atom. The van der Waals surface area contributed by atoms with Gasteiger partial charge in [-0.05, 0) is 54.7 Å². The van der Waals surface area contributed by atoms with Gasteiger partial charge in [0.1, 0.15) is 18.1 Å². The highest BCUT2D eigenvalue weighted by Crippen LogP contribution is 2.66. The normalized spacial score (nSPS) is 27.6. The smallest absolute Gasteiger partial charge is 0.254 e. The minimum Gasteiger partial charge on any atom is -0.508 e. The number of phenols is 1. The molecule has 6 unspecified atom stereocenters. The molecule has 8 rings (SSSR count). The average molecular weight is 815 g/mol. The minimum atomic E-state index is -2.06. The fourth-order valence-corrected chi connectivity index (χ4v) is 9.89. The number of ketones is 1. The number of alkyl halides is 3. The van der Waals surface area contributed by atoms with Crippen LogP contribution < -0.4 is 9.64 Å². The number of halogens is 3. The highest BCUT2D eigenvalue weighted by molar-refractivity contribution is 9.09. The molecular weight excluding hydrogens is 783 g/mol. The van der Waals surface area contributed by atoms with Gasteiger partial charge in [-0.1, -0.05) is 94.3 Å². The van der Waals surface area contributed by atoms with Crippen LogP contribution in [-0.4, -0.2) is 54.6 Å². The summed E-state index contributed by atoms with van der Waals surface area (Å²) in [5.41, 5.74) is 2.76. The number of amides is 4. The van der Waals surface area contributed by atoms with Crippen molar-refractivity contribution in [3.05, 3.63) is 137 Å². The molecule has 4 aliphatic rings. The quantitative estimate of drug-likeness (QED) is 0.0662. The van der Waals surface area contributed by atoms with Crippen LogP contribution in [0.2, 0.25) is 0 Å². The summed E-state index contributed by atoms with van der Waals surface area (Å²) in [5.74, 6) is -6.03. The number of nitrogens with zero attached hydrogens (tertiary/aromatic N) is 2. The number of hydrogen-bond acceptors (Lipinski definition) is 7. The van der Waals surface area contributed by atoms with Crippen LogP contribution in [0.5, 0.6) is 11.5 Å². The fraction of sp³-hybridized carbons (Fsp3) is 0.244. The molecule has 4 aromatic rings. The van der Waals surface area contributed by atoms with Crippen molar-refractivity contribution in [2.45, 2.75) is 35.1 Å². The number of phenolic OH excluding ortho intramolecular Hbond substituents is 1. The van der Waals surface area contributed by atoms with Crippen molar-refractivity contribution in [2.24, 2.45) is 17.8 Å². The second-order valence-corrected chi connectivity index (χ2v) is 15.5. The number of carbonyl (C=O) groups excluding carboxylic acids is 5. The van der Waals surface area contributed by atoms with Gasteiger partial charge < -0.3 is 9.84 Å². The highest BCUT2D eigenvalue weighted by Gasteiger charge is 2.76. The molecule has 0 spiro atoms. The molecule has 9 nitrogen and oxygen atoms in total. The lowest BCUT2D eigenvalue weighted by Crippen LogP contribution is -2.60. The number of aromatic hydroxyl groups is 1. The maximum absolute atomic E-state index is 14.4. The largest absolute Gasteiger partial charge is 0.508 e. The van der Waals surface area contributed by atoms with Gasteiger partial charge in [-0.2, -0.15) is 0 Å². The number of likely N-dealkylation sites (tertiary alicyclic amines) is 1. The third kappa shape index (κ3) is 5.36. The summed E-state index contributed by atoms with van der Waals surface area (Å²) in [6, 6.07) is 29.2. The Morgan fingerprint density at radius 1 is 0.830 bits per heavy atom. The predicted octanol–water partition coefficient (Wildman–Crippen LogP) is 7.12. The van der Waals surface area contributed by atoms with Crippen molar-refractivity contribution in [3.63, 3.8) is 0 Å². The molecule has 3 fully saturated rings. The molecular formula is C41H31BrCl2N2O7. The minimum absolute atomic E-state index is 0.157. The van der Waals surface area contributed by atoms with E-state index in [4.69, 9.17) is 27.9 Å². The van der Waals surface area contributed by atoms with Crippen molar-refractivity contribution in [3.8, 4) is 11.5 Å². The van der Waals surface area contributed by atoms with Gasteiger partial charge in [0, 0.05) is 28.7 Å². The van der Waals surface area contributed by atoms with E-state index in [1.54, 1.807) is 66.7 Å². The van der Waals surface area contributed by atoms with Crippen molar-refractivity contribution < 1.29 is 33.8 Å². The van der Waals surface area contributed by atoms with Crippen LogP contribution in [0.1, 0.15) is 45.8 Å². The zero-order chi connectivity index (χ0) is 37.2. The van der Waals surface area contributed by atoms with Crippen molar-refractivity contribution >= 4 is 74.2 Å². The van der Waals surface area contributed by atoms with Gasteiger partial charge in [0.05, 0.1) is 23.0 Å². The third-order valence-corrected chi connectivity index (χ3v) is 12.9. The zero-order valence-corrected chi connectivity index (χ0v) is 31.1. The SMILES string of the molecule is O=C(c1ccccc1)c1ccc(N2C(=O)C3CC=C4C(CC5(Cl)C(=O)N(CBr)C(=O)C5(Cl)C4c4ccc(OCc5ccccc5)cc4O)C3C2=O)cc1. The number of anilines is 1. The lowest BCUT2D eigenvalue weighted by molar-refractivity contribution is -0.138. The van der Waals surface area contributed by atoms with Crippen LogP contribution in [0.25, 0.3) is 0 Å². The molecule has 53 heavy (non-hydrogen) atoms. The first-order valence-electron chi connectivity index (χ1n) is 17.1. The van der Waals surface area contributed by atoms with Gasteiger partial charge in [-0.3, -0.25) is 33.8 Å². The predicted molar refractivity (Wildman–Crippen MR) is 201 cm³/mol. The van der Waals surface area contributed by atoms with Crippen molar-refractivity contribution in [1.82, 2.24) is 4.90 Å². The lowest BCUT2D eigenvalue weighted by atomic mass is 9.56. The number of hydrogen-bond donors (Lipinski definition) is 1. The standard InChI is InChI=1S/C41H31BrCl2N2O7/c42-22-45-38(51)40(43)20-31-28(34(41(40,44)39(45)52)29-16-15-27(19-32(29)47)53-21-23-7-3-1-4-8-23)17-18-30-33(31)37(50)46(36(30)49)26-13-11-25(12-14-26)35(48)24-9-5-2-6-10-24/h1-17,19,30-31,33-34,47H,18,20-22H2. The van der Waals surface area contributed by atoms with E-state index < -0.39 is 57.0 Å². The van der Waals surface area contributed by atoms with Gasteiger partial charge in [-0.25, -0.2) is 0 Å². The Bertz CT molecular complexity index is 2220. The van der Waals surface area contributed by atoms with E-state index in [-0.39, 0.29) is 42.0 Å². The second-order valence-electron chi connectivity index (χ2n) is 13.7. The Labute approximate surface area is 323 Å². The lowest BCUT2D eigenvalue weighted by Gasteiger charge is -2.50. The Hall–Kier alpha value is -4.77. The molecule has 4 amide bonds. The molecule has 0 radical (unpaired) electrons.